The first-order valence-corrected chi connectivity index (χ1v) is 8.61. The van der Waals surface area contributed by atoms with E-state index in [0.717, 1.165) is 53.9 Å². The predicted octanol–water partition coefficient (Wildman–Crippen LogP) is 3.01. The molecule has 1 saturated heterocycles. The van der Waals surface area contributed by atoms with Crippen LogP contribution in [0.2, 0.25) is 0 Å². The summed E-state index contributed by atoms with van der Waals surface area (Å²) >= 11 is 0. The Morgan fingerprint density at radius 3 is 2.84 bits per heavy atom. The molecule has 0 amide bonds. The highest BCUT2D eigenvalue weighted by Crippen LogP contribution is 2.33. The van der Waals surface area contributed by atoms with E-state index in [2.05, 4.69) is 24.8 Å². The highest BCUT2D eigenvalue weighted by molar-refractivity contribution is 5.50. The SMILES string of the molecule is Cc1cc(-c2ncc(C)[nH]2)nc([C@H]2CCCCN2c2ccncn2)n1. The van der Waals surface area contributed by atoms with Crippen molar-refractivity contribution in [2.24, 2.45) is 0 Å². The van der Waals surface area contributed by atoms with Gasteiger partial charge in [0, 0.05) is 30.3 Å². The zero-order valence-electron chi connectivity index (χ0n) is 14.5. The van der Waals surface area contributed by atoms with Crippen LogP contribution < -0.4 is 4.90 Å². The van der Waals surface area contributed by atoms with E-state index in [9.17, 15) is 0 Å². The van der Waals surface area contributed by atoms with Crippen molar-refractivity contribution >= 4 is 5.82 Å². The average molecular weight is 335 g/mol. The van der Waals surface area contributed by atoms with Crippen LogP contribution in [0.4, 0.5) is 5.82 Å². The van der Waals surface area contributed by atoms with Gasteiger partial charge in [0.1, 0.15) is 17.8 Å². The number of hydrogen-bond acceptors (Lipinski definition) is 6. The normalized spacial score (nSPS) is 17.7. The molecule has 0 aliphatic carbocycles. The first kappa shape index (κ1) is 15.7. The third kappa shape index (κ3) is 3.22. The number of H-pyrrole nitrogens is 1. The van der Waals surface area contributed by atoms with Gasteiger partial charge in [-0.05, 0) is 45.2 Å². The molecular formula is C18H21N7. The van der Waals surface area contributed by atoms with Gasteiger partial charge in [-0.1, -0.05) is 0 Å². The number of nitrogens with one attached hydrogen (secondary N) is 1. The van der Waals surface area contributed by atoms with Gasteiger partial charge in [-0.15, -0.1) is 0 Å². The quantitative estimate of drug-likeness (QED) is 0.792. The van der Waals surface area contributed by atoms with E-state index in [0.29, 0.717) is 0 Å². The van der Waals surface area contributed by atoms with E-state index in [4.69, 9.17) is 9.97 Å². The van der Waals surface area contributed by atoms with Crippen molar-refractivity contribution in [3.05, 3.63) is 48.1 Å². The molecule has 4 rings (SSSR count). The minimum Gasteiger partial charge on any atom is -0.346 e. The number of aromatic nitrogens is 6. The molecule has 1 fully saturated rings. The highest BCUT2D eigenvalue weighted by atomic mass is 15.2. The van der Waals surface area contributed by atoms with Gasteiger partial charge in [0.25, 0.3) is 0 Å². The molecule has 25 heavy (non-hydrogen) atoms. The molecule has 0 spiro atoms. The van der Waals surface area contributed by atoms with Gasteiger partial charge < -0.3 is 9.88 Å². The Labute approximate surface area is 146 Å². The smallest absolute Gasteiger partial charge is 0.156 e. The first-order chi connectivity index (χ1) is 12.2. The molecule has 4 heterocycles. The van der Waals surface area contributed by atoms with Crippen molar-refractivity contribution < 1.29 is 0 Å². The van der Waals surface area contributed by atoms with Crippen molar-refractivity contribution in [1.82, 2.24) is 29.9 Å². The van der Waals surface area contributed by atoms with Crippen LogP contribution in [0, 0.1) is 13.8 Å². The van der Waals surface area contributed by atoms with Gasteiger partial charge in [-0.25, -0.2) is 24.9 Å². The molecule has 128 valence electrons. The Morgan fingerprint density at radius 2 is 2.08 bits per heavy atom. The van der Waals surface area contributed by atoms with Crippen LogP contribution in [0.3, 0.4) is 0 Å². The lowest BCUT2D eigenvalue weighted by Gasteiger charge is -2.35. The van der Waals surface area contributed by atoms with Crippen LogP contribution in [0.1, 0.15) is 42.5 Å². The third-order valence-electron chi connectivity index (χ3n) is 4.48. The van der Waals surface area contributed by atoms with Gasteiger partial charge in [-0.2, -0.15) is 0 Å². The van der Waals surface area contributed by atoms with Crippen LogP contribution in [0.5, 0.6) is 0 Å². The molecule has 3 aromatic rings. The maximum Gasteiger partial charge on any atom is 0.156 e. The fourth-order valence-corrected chi connectivity index (χ4v) is 3.33. The van der Waals surface area contributed by atoms with Crippen LogP contribution in [0.15, 0.2) is 30.9 Å². The Morgan fingerprint density at radius 1 is 1.16 bits per heavy atom. The number of rotatable bonds is 3. The van der Waals surface area contributed by atoms with E-state index >= 15 is 0 Å². The van der Waals surface area contributed by atoms with E-state index in [1.54, 1.807) is 12.5 Å². The topological polar surface area (TPSA) is 83.5 Å². The molecule has 0 bridgehead atoms. The summed E-state index contributed by atoms with van der Waals surface area (Å²) in [7, 11) is 0. The molecule has 7 heteroatoms. The Balaban J connectivity index is 1.73. The molecule has 0 aromatic carbocycles. The number of aromatic amines is 1. The summed E-state index contributed by atoms with van der Waals surface area (Å²) < 4.78 is 0. The Hall–Kier alpha value is -2.83. The average Bonchev–Trinajstić information content (AvgIpc) is 3.08. The van der Waals surface area contributed by atoms with Crippen molar-refractivity contribution in [2.45, 2.75) is 39.2 Å². The van der Waals surface area contributed by atoms with E-state index in [1.165, 1.54) is 6.42 Å². The largest absolute Gasteiger partial charge is 0.346 e. The summed E-state index contributed by atoms with van der Waals surface area (Å²) in [5.74, 6) is 2.55. The van der Waals surface area contributed by atoms with Crippen molar-refractivity contribution in [2.75, 3.05) is 11.4 Å². The highest BCUT2D eigenvalue weighted by Gasteiger charge is 2.28. The Kier molecular flexibility index (Phi) is 4.13. The molecule has 7 nitrogen and oxygen atoms in total. The van der Waals surface area contributed by atoms with Gasteiger partial charge in [0.2, 0.25) is 0 Å². The van der Waals surface area contributed by atoms with Gasteiger partial charge in [-0.3, -0.25) is 0 Å². The molecule has 3 aromatic heterocycles. The fourth-order valence-electron chi connectivity index (χ4n) is 3.33. The second-order valence-electron chi connectivity index (χ2n) is 6.44. The number of imidazole rings is 1. The predicted molar refractivity (Wildman–Crippen MR) is 95.1 cm³/mol. The van der Waals surface area contributed by atoms with Crippen molar-refractivity contribution in [3.63, 3.8) is 0 Å². The lowest BCUT2D eigenvalue weighted by Crippen LogP contribution is -2.35. The molecule has 0 radical (unpaired) electrons. The number of nitrogens with zero attached hydrogens (tertiary/aromatic N) is 6. The molecule has 0 unspecified atom stereocenters. The molecular weight excluding hydrogens is 314 g/mol. The lowest BCUT2D eigenvalue weighted by atomic mass is 10.0. The summed E-state index contributed by atoms with van der Waals surface area (Å²) in [5.41, 5.74) is 2.80. The molecule has 1 N–H and O–H groups in total. The van der Waals surface area contributed by atoms with Gasteiger partial charge in [0.05, 0.1) is 6.04 Å². The van der Waals surface area contributed by atoms with E-state index in [1.807, 2.05) is 32.2 Å². The first-order valence-electron chi connectivity index (χ1n) is 8.61. The fraction of sp³-hybridized carbons (Fsp3) is 0.389. The van der Waals surface area contributed by atoms with E-state index in [-0.39, 0.29) is 6.04 Å². The number of piperidine rings is 1. The van der Waals surface area contributed by atoms with Crippen molar-refractivity contribution in [3.8, 4) is 11.5 Å². The summed E-state index contributed by atoms with van der Waals surface area (Å²) in [5, 5.41) is 0. The molecule has 1 atom stereocenters. The van der Waals surface area contributed by atoms with E-state index < -0.39 is 0 Å². The number of aryl methyl sites for hydroxylation is 2. The maximum absolute atomic E-state index is 4.83. The summed E-state index contributed by atoms with van der Waals surface area (Å²) in [4.78, 5) is 28.0. The third-order valence-corrected chi connectivity index (χ3v) is 4.48. The zero-order valence-corrected chi connectivity index (χ0v) is 14.5. The van der Waals surface area contributed by atoms with Crippen LogP contribution in [-0.4, -0.2) is 36.4 Å². The molecule has 1 aliphatic rings. The second-order valence-corrected chi connectivity index (χ2v) is 6.44. The minimum atomic E-state index is 0.123. The minimum absolute atomic E-state index is 0.123. The van der Waals surface area contributed by atoms with Gasteiger partial charge in [0.15, 0.2) is 11.6 Å². The summed E-state index contributed by atoms with van der Waals surface area (Å²) in [6.45, 7) is 4.94. The molecule has 1 aliphatic heterocycles. The zero-order chi connectivity index (χ0) is 17.2. The second kappa shape index (κ2) is 6.58. The lowest BCUT2D eigenvalue weighted by molar-refractivity contribution is 0.452. The number of anilines is 1. The van der Waals surface area contributed by atoms with Gasteiger partial charge >= 0.3 is 0 Å². The van der Waals surface area contributed by atoms with Crippen LogP contribution in [-0.2, 0) is 0 Å². The molecule has 0 saturated carbocycles. The van der Waals surface area contributed by atoms with Crippen LogP contribution in [0.25, 0.3) is 11.5 Å². The Bertz CT molecular complexity index is 859. The van der Waals surface area contributed by atoms with Crippen LogP contribution >= 0.6 is 0 Å². The summed E-state index contributed by atoms with van der Waals surface area (Å²) in [6.07, 6.45) is 8.52. The maximum atomic E-state index is 4.83. The monoisotopic (exact) mass is 335 g/mol. The standard InChI is InChI=1S/C18H21N7/c1-12-9-14(17-20-10-13(2)23-17)24-18(22-12)15-5-3-4-8-25(15)16-6-7-19-11-21-16/h6-7,9-11,15H,3-5,8H2,1-2H3,(H,20,23)/t15-/m1/s1. The summed E-state index contributed by atoms with van der Waals surface area (Å²) in [6, 6.07) is 4.04. The van der Waals surface area contributed by atoms with Crippen molar-refractivity contribution in [1.29, 1.82) is 0 Å². The number of hydrogen-bond donors (Lipinski definition) is 1.